The summed E-state index contributed by atoms with van der Waals surface area (Å²) in [5, 5.41) is 0. The number of piperazine rings is 1. The lowest BCUT2D eigenvalue weighted by molar-refractivity contribution is -0.146. The van der Waals surface area contributed by atoms with E-state index in [2.05, 4.69) is 0 Å². The molecule has 17 heavy (non-hydrogen) atoms. The van der Waals surface area contributed by atoms with Gasteiger partial charge in [-0.25, -0.2) is 0 Å². The van der Waals surface area contributed by atoms with Crippen LogP contribution in [0.5, 0.6) is 0 Å². The number of hydrogen-bond acceptors (Lipinski definition) is 5. The molecule has 0 bridgehead atoms. The summed E-state index contributed by atoms with van der Waals surface area (Å²) in [7, 11) is 1.56. The molecule has 1 aliphatic rings. The average molecular weight is 244 g/mol. The summed E-state index contributed by atoms with van der Waals surface area (Å²) in [6, 6.07) is 0. The van der Waals surface area contributed by atoms with Gasteiger partial charge >= 0.3 is 5.97 Å². The van der Waals surface area contributed by atoms with Gasteiger partial charge in [-0.2, -0.15) is 0 Å². The van der Waals surface area contributed by atoms with Crippen molar-refractivity contribution in [3.05, 3.63) is 0 Å². The first-order valence-electron chi connectivity index (χ1n) is 5.76. The summed E-state index contributed by atoms with van der Waals surface area (Å²) in [5.41, 5.74) is 0. The van der Waals surface area contributed by atoms with E-state index in [1.54, 1.807) is 18.9 Å². The number of hydrogen-bond donors (Lipinski definition) is 0. The SMILES string of the molecule is COCCOC(=O)CN1CCN(C(C)=O)CC1. The standard InChI is InChI=1S/C11H20N2O4/c1-10(14)13-5-3-12(4-6-13)9-11(15)17-8-7-16-2/h3-9H2,1-2H3. The van der Waals surface area contributed by atoms with Gasteiger partial charge < -0.3 is 14.4 Å². The highest BCUT2D eigenvalue weighted by atomic mass is 16.6. The van der Waals surface area contributed by atoms with Gasteiger partial charge in [0.25, 0.3) is 0 Å². The van der Waals surface area contributed by atoms with Crippen molar-refractivity contribution in [3.8, 4) is 0 Å². The number of ether oxygens (including phenoxy) is 2. The molecule has 1 amide bonds. The van der Waals surface area contributed by atoms with Gasteiger partial charge in [-0.3, -0.25) is 14.5 Å². The van der Waals surface area contributed by atoms with Gasteiger partial charge in [-0.1, -0.05) is 0 Å². The number of amides is 1. The van der Waals surface area contributed by atoms with E-state index in [0.29, 0.717) is 26.3 Å². The van der Waals surface area contributed by atoms with E-state index in [9.17, 15) is 9.59 Å². The first-order chi connectivity index (χ1) is 8.13. The van der Waals surface area contributed by atoms with Gasteiger partial charge in [0, 0.05) is 40.2 Å². The van der Waals surface area contributed by atoms with Crippen molar-refractivity contribution in [1.29, 1.82) is 0 Å². The minimum atomic E-state index is -0.238. The Kier molecular flexibility index (Phi) is 5.93. The zero-order chi connectivity index (χ0) is 12.7. The number of nitrogens with zero attached hydrogens (tertiary/aromatic N) is 2. The fourth-order valence-electron chi connectivity index (χ4n) is 1.69. The summed E-state index contributed by atoms with van der Waals surface area (Å²) in [6.07, 6.45) is 0. The van der Waals surface area contributed by atoms with Crippen molar-refractivity contribution >= 4 is 11.9 Å². The van der Waals surface area contributed by atoms with Gasteiger partial charge in [0.05, 0.1) is 13.2 Å². The Labute approximate surface area is 101 Å². The predicted octanol–water partition coefficient (Wildman–Crippen LogP) is -0.660. The predicted molar refractivity (Wildman–Crippen MR) is 61.5 cm³/mol. The van der Waals surface area contributed by atoms with Crippen LogP contribution in [0.1, 0.15) is 6.92 Å². The Balaban J connectivity index is 2.17. The molecule has 0 unspecified atom stereocenters. The van der Waals surface area contributed by atoms with Crippen LogP contribution in [-0.4, -0.2) is 74.7 Å². The first kappa shape index (κ1) is 13.9. The first-order valence-corrected chi connectivity index (χ1v) is 5.76. The highest BCUT2D eigenvalue weighted by molar-refractivity contribution is 5.73. The Bertz CT molecular complexity index is 262. The highest BCUT2D eigenvalue weighted by Crippen LogP contribution is 2.01. The molecular formula is C11H20N2O4. The van der Waals surface area contributed by atoms with Crippen LogP contribution in [0.25, 0.3) is 0 Å². The molecule has 0 radical (unpaired) electrons. The van der Waals surface area contributed by atoms with E-state index in [0.717, 1.165) is 13.1 Å². The lowest BCUT2D eigenvalue weighted by Crippen LogP contribution is -2.49. The normalized spacial score (nSPS) is 16.9. The number of carbonyl (C=O) groups excluding carboxylic acids is 2. The van der Waals surface area contributed by atoms with E-state index in [1.165, 1.54) is 0 Å². The summed E-state index contributed by atoms with van der Waals surface area (Å²) in [6.45, 7) is 5.37. The quantitative estimate of drug-likeness (QED) is 0.474. The van der Waals surface area contributed by atoms with Crippen molar-refractivity contribution in [2.75, 3.05) is 53.0 Å². The van der Waals surface area contributed by atoms with Crippen LogP contribution in [-0.2, 0) is 19.1 Å². The molecule has 1 fully saturated rings. The van der Waals surface area contributed by atoms with E-state index in [-0.39, 0.29) is 18.4 Å². The molecular weight excluding hydrogens is 224 g/mol. The molecule has 0 aliphatic carbocycles. The van der Waals surface area contributed by atoms with Gasteiger partial charge in [0.1, 0.15) is 6.61 Å². The third-order valence-corrected chi connectivity index (χ3v) is 2.72. The van der Waals surface area contributed by atoms with Crippen molar-refractivity contribution in [2.45, 2.75) is 6.92 Å². The maximum Gasteiger partial charge on any atom is 0.320 e. The third kappa shape index (κ3) is 5.14. The van der Waals surface area contributed by atoms with Crippen LogP contribution in [0.3, 0.4) is 0 Å². The highest BCUT2D eigenvalue weighted by Gasteiger charge is 2.20. The Morgan fingerprint density at radius 3 is 2.29 bits per heavy atom. The topological polar surface area (TPSA) is 59.1 Å². The minimum Gasteiger partial charge on any atom is -0.462 e. The van der Waals surface area contributed by atoms with Crippen LogP contribution in [0.2, 0.25) is 0 Å². The largest absolute Gasteiger partial charge is 0.462 e. The lowest BCUT2D eigenvalue weighted by Gasteiger charge is -2.33. The summed E-state index contributed by atoms with van der Waals surface area (Å²) in [4.78, 5) is 26.3. The second kappa shape index (κ2) is 7.24. The molecule has 1 rings (SSSR count). The second-order valence-electron chi connectivity index (χ2n) is 4.00. The smallest absolute Gasteiger partial charge is 0.320 e. The van der Waals surface area contributed by atoms with Crippen molar-refractivity contribution in [2.24, 2.45) is 0 Å². The van der Waals surface area contributed by atoms with E-state index < -0.39 is 0 Å². The van der Waals surface area contributed by atoms with Crippen molar-refractivity contribution < 1.29 is 19.1 Å². The van der Waals surface area contributed by atoms with E-state index in [4.69, 9.17) is 9.47 Å². The molecule has 0 aromatic carbocycles. The van der Waals surface area contributed by atoms with Crippen LogP contribution in [0, 0.1) is 0 Å². The molecule has 6 nitrogen and oxygen atoms in total. The molecule has 1 heterocycles. The van der Waals surface area contributed by atoms with Crippen LogP contribution in [0.15, 0.2) is 0 Å². The van der Waals surface area contributed by atoms with Crippen LogP contribution >= 0.6 is 0 Å². The molecule has 0 saturated carbocycles. The van der Waals surface area contributed by atoms with Gasteiger partial charge in [-0.15, -0.1) is 0 Å². The number of carbonyl (C=O) groups is 2. The molecule has 1 saturated heterocycles. The monoisotopic (exact) mass is 244 g/mol. The van der Waals surface area contributed by atoms with E-state index >= 15 is 0 Å². The average Bonchev–Trinajstić information content (AvgIpc) is 2.30. The fraction of sp³-hybridized carbons (Fsp3) is 0.818. The van der Waals surface area contributed by atoms with Gasteiger partial charge in [-0.05, 0) is 0 Å². The Morgan fingerprint density at radius 2 is 1.76 bits per heavy atom. The van der Waals surface area contributed by atoms with Crippen molar-refractivity contribution in [3.63, 3.8) is 0 Å². The Hall–Kier alpha value is -1.14. The van der Waals surface area contributed by atoms with Gasteiger partial charge in [0.15, 0.2) is 0 Å². The maximum absolute atomic E-state index is 11.4. The molecule has 0 spiro atoms. The number of rotatable bonds is 5. The third-order valence-electron chi connectivity index (χ3n) is 2.72. The maximum atomic E-state index is 11.4. The van der Waals surface area contributed by atoms with Gasteiger partial charge in [0.2, 0.25) is 5.91 Å². The molecule has 6 heteroatoms. The molecule has 0 atom stereocenters. The van der Waals surface area contributed by atoms with E-state index in [1.807, 2.05) is 4.90 Å². The molecule has 0 aromatic heterocycles. The van der Waals surface area contributed by atoms with Crippen LogP contribution in [0.4, 0.5) is 0 Å². The molecule has 1 aliphatic heterocycles. The zero-order valence-corrected chi connectivity index (χ0v) is 10.5. The minimum absolute atomic E-state index is 0.0901. The molecule has 0 aromatic rings. The Morgan fingerprint density at radius 1 is 1.12 bits per heavy atom. The second-order valence-corrected chi connectivity index (χ2v) is 4.00. The lowest BCUT2D eigenvalue weighted by atomic mass is 10.3. The fourth-order valence-corrected chi connectivity index (χ4v) is 1.69. The van der Waals surface area contributed by atoms with Crippen molar-refractivity contribution in [1.82, 2.24) is 9.80 Å². The molecule has 98 valence electrons. The summed E-state index contributed by atoms with van der Waals surface area (Å²) >= 11 is 0. The number of esters is 1. The zero-order valence-electron chi connectivity index (χ0n) is 10.5. The number of methoxy groups -OCH3 is 1. The summed E-state index contributed by atoms with van der Waals surface area (Å²) < 4.78 is 9.76. The molecule has 0 N–H and O–H groups in total. The summed E-state index contributed by atoms with van der Waals surface area (Å²) in [5.74, 6) is -0.148. The van der Waals surface area contributed by atoms with Crippen LogP contribution < -0.4 is 0 Å².